The smallest absolute Gasteiger partial charge is 0.131 e. The minimum Gasteiger partial charge on any atom is -0.369 e. The SMILES string of the molecule is NCCNc1cc(NCc2ccccc2Br)ncn1. The Morgan fingerprint density at radius 1 is 1.11 bits per heavy atom. The number of rotatable bonds is 6. The maximum atomic E-state index is 5.44. The van der Waals surface area contributed by atoms with E-state index in [2.05, 4.69) is 42.6 Å². The van der Waals surface area contributed by atoms with Crippen LogP contribution in [0, 0.1) is 0 Å². The van der Waals surface area contributed by atoms with Crippen molar-refractivity contribution in [3.8, 4) is 0 Å². The van der Waals surface area contributed by atoms with Gasteiger partial charge in [0.25, 0.3) is 0 Å². The lowest BCUT2D eigenvalue weighted by molar-refractivity contribution is 1.00. The highest BCUT2D eigenvalue weighted by molar-refractivity contribution is 9.10. The third-order valence-corrected chi connectivity index (χ3v) is 3.31. The van der Waals surface area contributed by atoms with Gasteiger partial charge in [-0.3, -0.25) is 0 Å². The topological polar surface area (TPSA) is 75.9 Å². The normalized spacial score (nSPS) is 10.2. The first-order valence-corrected chi connectivity index (χ1v) is 6.82. The van der Waals surface area contributed by atoms with Gasteiger partial charge in [0, 0.05) is 30.2 Å². The fraction of sp³-hybridized carbons (Fsp3) is 0.231. The Bertz CT molecular complexity index is 532. The molecule has 4 N–H and O–H groups in total. The Kier molecular flexibility index (Phi) is 5.11. The number of aromatic nitrogens is 2. The molecule has 2 aromatic rings. The number of hydrogen-bond acceptors (Lipinski definition) is 5. The largest absolute Gasteiger partial charge is 0.369 e. The molecule has 0 unspecified atom stereocenters. The van der Waals surface area contributed by atoms with Crippen LogP contribution in [0.3, 0.4) is 0 Å². The van der Waals surface area contributed by atoms with Crippen LogP contribution < -0.4 is 16.4 Å². The zero-order valence-corrected chi connectivity index (χ0v) is 12.0. The van der Waals surface area contributed by atoms with Gasteiger partial charge in [-0.15, -0.1) is 0 Å². The van der Waals surface area contributed by atoms with Gasteiger partial charge in [0.05, 0.1) is 0 Å². The van der Waals surface area contributed by atoms with Crippen molar-refractivity contribution in [3.63, 3.8) is 0 Å². The van der Waals surface area contributed by atoms with Crippen LogP contribution in [0.25, 0.3) is 0 Å². The van der Waals surface area contributed by atoms with Crippen LogP contribution >= 0.6 is 15.9 Å². The molecule has 5 nitrogen and oxygen atoms in total. The minimum absolute atomic E-state index is 0.573. The molecular weight excluding hydrogens is 306 g/mol. The maximum absolute atomic E-state index is 5.44. The van der Waals surface area contributed by atoms with Crippen LogP contribution in [0.5, 0.6) is 0 Å². The summed E-state index contributed by atoms with van der Waals surface area (Å²) in [5.41, 5.74) is 6.62. The molecule has 2 rings (SSSR count). The second kappa shape index (κ2) is 7.06. The quantitative estimate of drug-likeness (QED) is 0.760. The monoisotopic (exact) mass is 321 g/mol. The number of nitrogens with two attached hydrogens (primary N) is 1. The van der Waals surface area contributed by atoms with Crippen LogP contribution in [-0.2, 0) is 6.54 Å². The molecule has 6 heteroatoms. The van der Waals surface area contributed by atoms with Crippen LogP contribution in [0.4, 0.5) is 11.6 Å². The molecule has 100 valence electrons. The van der Waals surface area contributed by atoms with Crippen molar-refractivity contribution in [2.24, 2.45) is 5.73 Å². The van der Waals surface area contributed by atoms with Crippen molar-refractivity contribution in [2.45, 2.75) is 6.54 Å². The Morgan fingerprint density at radius 3 is 2.58 bits per heavy atom. The molecule has 19 heavy (non-hydrogen) atoms. The predicted octanol–water partition coefficient (Wildman–Crippen LogP) is 2.22. The van der Waals surface area contributed by atoms with Gasteiger partial charge < -0.3 is 16.4 Å². The maximum Gasteiger partial charge on any atom is 0.131 e. The summed E-state index contributed by atoms with van der Waals surface area (Å²) in [6.45, 7) is 1.97. The first-order chi connectivity index (χ1) is 9.29. The summed E-state index contributed by atoms with van der Waals surface area (Å²) in [5, 5.41) is 6.39. The summed E-state index contributed by atoms with van der Waals surface area (Å²) < 4.78 is 1.08. The minimum atomic E-state index is 0.573. The third kappa shape index (κ3) is 4.18. The van der Waals surface area contributed by atoms with Crippen molar-refractivity contribution in [1.29, 1.82) is 0 Å². The van der Waals surface area contributed by atoms with E-state index in [4.69, 9.17) is 5.73 Å². The van der Waals surface area contributed by atoms with Gasteiger partial charge in [-0.1, -0.05) is 34.1 Å². The van der Waals surface area contributed by atoms with Gasteiger partial charge in [0.1, 0.15) is 18.0 Å². The average Bonchev–Trinajstić information content (AvgIpc) is 2.45. The molecular formula is C13H16BrN5. The molecule has 0 aliphatic carbocycles. The second-order valence-electron chi connectivity index (χ2n) is 3.95. The lowest BCUT2D eigenvalue weighted by Crippen LogP contribution is -2.14. The number of halogens is 1. The summed E-state index contributed by atoms with van der Waals surface area (Å²) >= 11 is 3.52. The highest BCUT2D eigenvalue weighted by Gasteiger charge is 2.00. The van der Waals surface area contributed by atoms with Gasteiger partial charge in [-0.25, -0.2) is 9.97 Å². The molecule has 0 atom stereocenters. The summed E-state index contributed by atoms with van der Waals surface area (Å²) in [7, 11) is 0. The van der Waals surface area contributed by atoms with Gasteiger partial charge in [0.2, 0.25) is 0 Å². The Labute approximate surface area is 120 Å². The van der Waals surface area contributed by atoms with Crippen LogP contribution in [0.2, 0.25) is 0 Å². The van der Waals surface area contributed by atoms with Gasteiger partial charge in [-0.2, -0.15) is 0 Å². The van der Waals surface area contributed by atoms with E-state index in [1.165, 1.54) is 11.9 Å². The summed E-state index contributed by atoms with van der Waals surface area (Å²) in [4.78, 5) is 8.31. The molecule has 0 aliphatic heterocycles. The first-order valence-electron chi connectivity index (χ1n) is 6.03. The number of benzene rings is 1. The molecule has 1 aromatic heterocycles. The van der Waals surface area contributed by atoms with Crippen LogP contribution in [-0.4, -0.2) is 23.1 Å². The lowest BCUT2D eigenvalue weighted by Gasteiger charge is -2.09. The highest BCUT2D eigenvalue weighted by Crippen LogP contribution is 2.17. The molecule has 1 heterocycles. The molecule has 1 aromatic carbocycles. The van der Waals surface area contributed by atoms with Crippen molar-refractivity contribution in [1.82, 2.24) is 9.97 Å². The lowest BCUT2D eigenvalue weighted by atomic mass is 10.2. The van der Waals surface area contributed by atoms with Gasteiger partial charge in [0.15, 0.2) is 0 Å². The van der Waals surface area contributed by atoms with Gasteiger partial charge >= 0.3 is 0 Å². The summed E-state index contributed by atoms with van der Waals surface area (Å²) in [6.07, 6.45) is 1.53. The van der Waals surface area contributed by atoms with Crippen molar-refractivity contribution < 1.29 is 0 Å². The highest BCUT2D eigenvalue weighted by atomic mass is 79.9. The van der Waals surface area contributed by atoms with Gasteiger partial charge in [-0.05, 0) is 11.6 Å². The standard InChI is InChI=1S/C13H16BrN5/c14-11-4-2-1-3-10(11)8-17-13-7-12(16-6-5-15)18-9-19-13/h1-4,7,9H,5-6,8,15H2,(H2,16,17,18,19). The fourth-order valence-electron chi connectivity index (χ4n) is 1.58. The molecule has 0 spiro atoms. The summed E-state index contributed by atoms with van der Waals surface area (Å²) in [6, 6.07) is 9.95. The molecule has 0 aliphatic rings. The van der Waals surface area contributed by atoms with E-state index in [0.29, 0.717) is 19.6 Å². The van der Waals surface area contributed by atoms with E-state index in [-0.39, 0.29) is 0 Å². The Hall–Kier alpha value is -1.66. The van der Waals surface area contributed by atoms with E-state index in [1.54, 1.807) is 0 Å². The number of hydrogen-bond donors (Lipinski definition) is 3. The summed E-state index contributed by atoms with van der Waals surface area (Å²) in [5.74, 6) is 1.56. The van der Waals surface area contributed by atoms with E-state index < -0.39 is 0 Å². The molecule has 0 fully saturated rings. The average molecular weight is 322 g/mol. The zero-order valence-electron chi connectivity index (χ0n) is 10.4. The number of anilines is 2. The molecule has 0 amide bonds. The zero-order chi connectivity index (χ0) is 13.5. The van der Waals surface area contributed by atoms with Crippen molar-refractivity contribution in [3.05, 3.63) is 46.7 Å². The van der Waals surface area contributed by atoms with Crippen molar-refractivity contribution >= 4 is 27.6 Å². The van der Waals surface area contributed by atoms with E-state index in [1.807, 2.05) is 24.3 Å². The molecule has 0 radical (unpaired) electrons. The fourth-order valence-corrected chi connectivity index (χ4v) is 2.00. The third-order valence-electron chi connectivity index (χ3n) is 2.54. The molecule has 0 saturated carbocycles. The number of nitrogens with zero attached hydrogens (tertiary/aromatic N) is 2. The molecule has 0 bridgehead atoms. The van der Waals surface area contributed by atoms with Crippen molar-refractivity contribution in [2.75, 3.05) is 23.7 Å². The first kappa shape index (κ1) is 13.8. The predicted molar refractivity (Wildman–Crippen MR) is 81.0 cm³/mol. The van der Waals surface area contributed by atoms with E-state index in [9.17, 15) is 0 Å². The van der Waals surface area contributed by atoms with E-state index in [0.717, 1.165) is 16.1 Å². The van der Waals surface area contributed by atoms with Crippen LogP contribution in [0.15, 0.2) is 41.1 Å². The van der Waals surface area contributed by atoms with Crippen LogP contribution in [0.1, 0.15) is 5.56 Å². The number of nitrogens with one attached hydrogen (secondary N) is 2. The Balaban J connectivity index is 1.98. The Morgan fingerprint density at radius 2 is 1.84 bits per heavy atom. The van der Waals surface area contributed by atoms with E-state index >= 15 is 0 Å². The molecule has 0 saturated heterocycles. The second-order valence-corrected chi connectivity index (χ2v) is 4.80.